The topological polar surface area (TPSA) is 58.6 Å². The van der Waals surface area contributed by atoms with Crippen LogP contribution in [-0.2, 0) is 4.79 Å². The summed E-state index contributed by atoms with van der Waals surface area (Å²) >= 11 is 3.19. The smallest absolute Gasteiger partial charge is 0.256 e. The summed E-state index contributed by atoms with van der Waals surface area (Å²) in [4.78, 5) is 12.0. The lowest BCUT2D eigenvalue weighted by molar-refractivity contribution is -0.110. The van der Waals surface area contributed by atoms with Crippen LogP contribution in [0.25, 0.3) is 11.6 Å². The molecule has 1 heterocycles. The molecule has 7 heteroatoms. The van der Waals surface area contributed by atoms with Crippen LogP contribution in [0, 0.1) is 11.6 Å². The average Bonchev–Trinajstić information content (AvgIpc) is 2.79. The fourth-order valence-corrected chi connectivity index (χ4v) is 2.79. The summed E-state index contributed by atoms with van der Waals surface area (Å²) in [5, 5.41) is 12.3. The van der Waals surface area contributed by atoms with Crippen molar-refractivity contribution in [3.8, 4) is 11.5 Å². The van der Waals surface area contributed by atoms with Crippen molar-refractivity contribution in [1.29, 1.82) is 0 Å². The fourth-order valence-electron chi connectivity index (χ4n) is 2.33. The van der Waals surface area contributed by atoms with E-state index in [-0.39, 0.29) is 28.3 Å². The highest BCUT2D eigenvalue weighted by atomic mass is 79.9. The lowest BCUT2D eigenvalue weighted by Crippen LogP contribution is -2.03. The first-order chi connectivity index (χ1) is 10.9. The Morgan fingerprint density at radius 1 is 1.22 bits per heavy atom. The number of nitrogens with one attached hydrogen (secondary N) is 1. The summed E-state index contributed by atoms with van der Waals surface area (Å²) < 4.78 is 32.1. The number of fused-ring (bicyclic) bond motifs is 1. The Kier molecular flexibility index (Phi) is 3.81. The van der Waals surface area contributed by atoms with Crippen LogP contribution < -0.4 is 10.1 Å². The molecule has 0 spiro atoms. The minimum absolute atomic E-state index is 0.0703. The zero-order chi connectivity index (χ0) is 16.7. The third-order valence-electron chi connectivity index (χ3n) is 3.43. The second-order valence-corrected chi connectivity index (χ2v) is 5.73. The molecule has 4 nitrogen and oxygen atoms in total. The molecule has 0 unspecified atom stereocenters. The van der Waals surface area contributed by atoms with Crippen molar-refractivity contribution in [3.63, 3.8) is 0 Å². The maximum atomic E-state index is 13.4. The average molecular weight is 382 g/mol. The van der Waals surface area contributed by atoms with Crippen molar-refractivity contribution < 1.29 is 23.4 Å². The van der Waals surface area contributed by atoms with Gasteiger partial charge in [0.05, 0.1) is 17.3 Å². The number of amides is 1. The van der Waals surface area contributed by atoms with E-state index in [0.29, 0.717) is 10.0 Å². The highest BCUT2D eigenvalue weighted by Gasteiger charge is 2.26. The molecule has 0 aliphatic carbocycles. The minimum Gasteiger partial charge on any atom is -0.503 e. The van der Waals surface area contributed by atoms with Gasteiger partial charge in [0.2, 0.25) is 0 Å². The molecule has 0 aromatic heterocycles. The van der Waals surface area contributed by atoms with Gasteiger partial charge in [0, 0.05) is 17.2 Å². The first-order valence-corrected chi connectivity index (χ1v) is 7.29. The fraction of sp³-hybridized carbons (Fsp3) is 0.0625. The van der Waals surface area contributed by atoms with Gasteiger partial charge in [-0.25, -0.2) is 8.78 Å². The molecule has 3 rings (SSSR count). The number of aromatic hydroxyl groups is 1. The SMILES string of the molecule is COc1cc(C=C2C(=O)Nc3cc(F)c(F)cc32)cc(Br)c1O. The van der Waals surface area contributed by atoms with Crippen LogP contribution in [0.15, 0.2) is 28.7 Å². The molecule has 1 amide bonds. The van der Waals surface area contributed by atoms with Crippen LogP contribution in [0.1, 0.15) is 11.1 Å². The summed E-state index contributed by atoms with van der Waals surface area (Å²) in [5.74, 6) is -2.38. The van der Waals surface area contributed by atoms with E-state index in [1.807, 2.05) is 0 Å². The third-order valence-corrected chi connectivity index (χ3v) is 4.03. The van der Waals surface area contributed by atoms with Gasteiger partial charge in [-0.05, 0) is 45.8 Å². The van der Waals surface area contributed by atoms with E-state index in [0.717, 1.165) is 12.1 Å². The Morgan fingerprint density at radius 2 is 1.91 bits per heavy atom. The van der Waals surface area contributed by atoms with Gasteiger partial charge in [-0.2, -0.15) is 0 Å². The van der Waals surface area contributed by atoms with Crippen molar-refractivity contribution in [3.05, 3.63) is 51.5 Å². The van der Waals surface area contributed by atoms with E-state index in [1.165, 1.54) is 19.3 Å². The van der Waals surface area contributed by atoms with E-state index in [1.54, 1.807) is 6.07 Å². The number of hydrogen-bond donors (Lipinski definition) is 2. The standard InChI is InChI=1S/C16H10BrF2NO3/c1-23-14-4-7(3-10(17)15(14)21)2-9-8-5-11(18)12(19)6-13(8)20-16(9)22/h2-6,21H,1H3,(H,20,22). The molecular weight excluding hydrogens is 372 g/mol. The Bertz CT molecular complexity index is 865. The molecule has 1 aliphatic heterocycles. The molecule has 2 N–H and O–H groups in total. The monoisotopic (exact) mass is 381 g/mol. The second kappa shape index (κ2) is 5.66. The van der Waals surface area contributed by atoms with E-state index >= 15 is 0 Å². The van der Waals surface area contributed by atoms with E-state index in [2.05, 4.69) is 21.2 Å². The normalized spacial score (nSPS) is 14.8. The van der Waals surface area contributed by atoms with Gasteiger partial charge < -0.3 is 15.2 Å². The van der Waals surface area contributed by atoms with Gasteiger partial charge in [0.1, 0.15) is 0 Å². The van der Waals surface area contributed by atoms with Gasteiger partial charge in [-0.3, -0.25) is 4.79 Å². The molecule has 0 saturated heterocycles. The first kappa shape index (κ1) is 15.5. The van der Waals surface area contributed by atoms with Gasteiger partial charge in [-0.1, -0.05) is 0 Å². The molecule has 1 aliphatic rings. The van der Waals surface area contributed by atoms with Crippen LogP contribution in [-0.4, -0.2) is 18.1 Å². The van der Waals surface area contributed by atoms with Gasteiger partial charge in [0.15, 0.2) is 23.1 Å². The number of methoxy groups -OCH3 is 1. The van der Waals surface area contributed by atoms with Crippen molar-refractivity contribution in [1.82, 2.24) is 0 Å². The summed E-state index contributed by atoms with van der Waals surface area (Å²) in [7, 11) is 1.40. The quantitative estimate of drug-likeness (QED) is 0.774. The molecular formula is C16H10BrF2NO3. The predicted octanol–water partition coefficient (Wildman–Crippen LogP) is 3.93. The summed E-state index contributed by atoms with van der Waals surface area (Å²) in [6.07, 6.45) is 1.51. The number of phenols is 1. The third kappa shape index (κ3) is 2.68. The van der Waals surface area contributed by atoms with Crippen molar-refractivity contribution >= 4 is 39.2 Å². The zero-order valence-electron chi connectivity index (χ0n) is 11.8. The van der Waals surface area contributed by atoms with Crippen LogP contribution in [0.4, 0.5) is 14.5 Å². The number of rotatable bonds is 2. The lowest BCUT2D eigenvalue weighted by Gasteiger charge is -2.07. The van der Waals surface area contributed by atoms with Crippen molar-refractivity contribution in [2.75, 3.05) is 12.4 Å². The van der Waals surface area contributed by atoms with E-state index < -0.39 is 17.5 Å². The van der Waals surface area contributed by atoms with Crippen LogP contribution in [0.3, 0.4) is 0 Å². The van der Waals surface area contributed by atoms with Gasteiger partial charge in [0.25, 0.3) is 5.91 Å². The summed E-state index contributed by atoms with van der Waals surface area (Å²) in [5.41, 5.74) is 1.23. The first-order valence-electron chi connectivity index (χ1n) is 6.49. The minimum atomic E-state index is -1.03. The lowest BCUT2D eigenvalue weighted by atomic mass is 10.0. The van der Waals surface area contributed by atoms with Gasteiger partial charge in [-0.15, -0.1) is 0 Å². The molecule has 2 aromatic rings. The number of halogens is 3. The number of benzene rings is 2. The molecule has 0 bridgehead atoms. The second-order valence-electron chi connectivity index (χ2n) is 4.88. The number of carbonyl (C=O) groups excluding carboxylic acids is 1. The maximum absolute atomic E-state index is 13.4. The number of phenolic OH excluding ortho intramolecular Hbond substituents is 1. The van der Waals surface area contributed by atoms with E-state index in [4.69, 9.17) is 4.74 Å². The highest BCUT2D eigenvalue weighted by Crippen LogP contribution is 2.38. The highest BCUT2D eigenvalue weighted by molar-refractivity contribution is 9.10. The van der Waals surface area contributed by atoms with E-state index in [9.17, 15) is 18.7 Å². The van der Waals surface area contributed by atoms with Crippen molar-refractivity contribution in [2.24, 2.45) is 0 Å². The molecule has 0 atom stereocenters. The van der Waals surface area contributed by atoms with Gasteiger partial charge >= 0.3 is 0 Å². The summed E-state index contributed by atoms with van der Waals surface area (Å²) in [6.45, 7) is 0. The number of ether oxygens (including phenoxy) is 1. The molecule has 0 fully saturated rings. The van der Waals surface area contributed by atoms with Crippen LogP contribution in [0.5, 0.6) is 11.5 Å². The number of anilines is 1. The Morgan fingerprint density at radius 3 is 2.61 bits per heavy atom. The molecule has 0 radical (unpaired) electrons. The largest absolute Gasteiger partial charge is 0.503 e. The number of carbonyl (C=O) groups is 1. The maximum Gasteiger partial charge on any atom is 0.256 e. The Labute approximate surface area is 138 Å². The molecule has 23 heavy (non-hydrogen) atoms. The zero-order valence-corrected chi connectivity index (χ0v) is 13.4. The molecule has 118 valence electrons. The van der Waals surface area contributed by atoms with Crippen LogP contribution >= 0.6 is 15.9 Å². The number of hydrogen-bond acceptors (Lipinski definition) is 3. The molecule has 2 aromatic carbocycles. The Balaban J connectivity index is 2.13. The van der Waals surface area contributed by atoms with Crippen molar-refractivity contribution in [2.45, 2.75) is 0 Å². The summed E-state index contributed by atoms with van der Waals surface area (Å²) in [6, 6.07) is 5.02. The Hall–Kier alpha value is -2.41. The molecule has 0 saturated carbocycles. The van der Waals surface area contributed by atoms with Crippen LogP contribution in [0.2, 0.25) is 0 Å². The predicted molar refractivity (Wildman–Crippen MR) is 85.2 cm³/mol.